The van der Waals surface area contributed by atoms with Gasteiger partial charge in [-0.1, -0.05) is 43.9 Å². The fourth-order valence-electron chi connectivity index (χ4n) is 5.17. The van der Waals surface area contributed by atoms with Crippen molar-refractivity contribution in [1.82, 2.24) is 14.7 Å². The Bertz CT molecular complexity index is 863. The lowest BCUT2D eigenvalue weighted by Crippen LogP contribution is -2.49. The van der Waals surface area contributed by atoms with Crippen molar-refractivity contribution >= 4 is 17.4 Å². The van der Waals surface area contributed by atoms with E-state index in [9.17, 15) is 14.7 Å². The van der Waals surface area contributed by atoms with Gasteiger partial charge in [-0.3, -0.25) is 19.4 Å². The number of nitrogens with zero attached hydrogens (tertiary/aromatic N) is 3. The second kappa shape index (κ2) is 9.53. The van der Waals surface area contributed by atoms with Crippen LogP contribution in [-0.2, 0) is 9.59 Å². The van der Waals surface area contributed by atoms with Crippen molar-refractivity contribution in [3.8, 4) is 0 Å². The number of hydrogen-bond acceptors (Lipinski definition) is 5. The first-order chi connectivity index (χ1) is 15.0. The molecule has 0 atom stereocenters. The van der Waals surface area contributed by atoms with Crippen molar-refractivity contribution in [2.75, 3.05) is 39.3 Å². The molecule has 1 aromatic rings. The molecule has 2 amide bonds. The highest BCUT2D eigenvalue weighted by Crippen LogP contribution is 2.36. The number of piperazine rings is 1. The largest absolute Gasteiger partial charge is 0.395 e. The monoisotopic (exact) mass is 425 g/mol. The van der Waals surface area contributed by atoms with Crippen LogP contribution in [0.15, 0.2) is 23.9 Å². The molecule has 2 fully saturated rings. The summed E-state index contributed by atoms with van der Waals surface area (Å²) in [5.41, 5.74) is 4.32. The van der Waals surface area contributed by atoms with E-state index >= 15 is 0 Å². The molecule has 0 bridgehead atoms. The van der Waals surface area contributed by atoms with Gasteiger partial charge in [0.2, 0.25) is 0 Å². The van der Waals surface area contributed by atoms with Gasteiger partial charge in [0.1, 0.15) is 5.70 Å². The van der Waals surface area contributed by atoms with Crippen molar-refractivity contribution < 1.29 is 14.7 Å². The highest BCUT2D eigenvalue weighted by Gasteiger charge is 2.45. The Kier molecular flexibility index (Phi) is 6.77. The van der Waals surface area contributed by atoms with Crippen molar-refractivity contribution in [1.29, 1.82) is 0 Å². The fourth-order valence-corrected chi connectivity index (χ4v) is 5.17. The van der Waals surface area contributed by atoms with Gasteiger partial charge in [0, 0.05) is 38.8 Å². The minimum absolute atomic E-state index is 0.0113. The lowest BCUT2D eigenvalue weighted by Gasteiger charge is -2.36. The van der Waals surface area contributed by atoms with Crippen LogP contribution in [-0.4, -0.2) is 77.0 Å². The Labute approximate surface area is 185 Å². The number of amides is 2. The highest BCUT2D eigenvalue weighted by atomic mass is 16.3. The predicted octanol–water partition coefficient (Wildman–Crippen LogP) is 2.72. The number of aliphatic hydroxyl groups is 1. The molecule has 0 unspecified atom stereocenters. The van der Waals surface area contributed by atoms with E-state index in [-0.39, 0.29) is 24.5 Å². The molecule has 0 aromatic heterocycles. The van der Waals surface area contributed by atoms with Gasteiger partial charge in [-0.15, -0.1) is 0 Å². The van der Waals surface area contributed by atoms with Crippen LogP contribution in [0.2, 0.25) is 0 Å². The van der Waals surface area contributed by atoms with Crippen LogP contribution in [0.4, 0.5) is 0 Å². The van der Waals surface area contributed by atoms with E-state index in [0.29, 0.717) is 30.9 Å². The number of hydrogen-bond donors (Lipinski definition) is 1. The van der Waals surface area contributed by atoms with E-state index in [1.807, 2.05) is 12.1 Å². The third-order valence-corrected chi connectivity index (χ3v) is 7.18. The first-order valence-electron chi connectivity index (χ1n) is 11.8. The lowest BCUT2D eigenvalue weighted by molar-refractivity contribution is -0.140. The van der Waals surface area contributed by atoms with Gasteiger partial charge in [0.15, 0.2) is 0 Å². The molecule has 4 rings (SSSR count). The Morgan fingerprint density at radius 2 is 1.58 bits per heavy atom. The number of aryl methyl sites for hydroxylation is 2. The van der Waals surface area contributed by atoms with E-state index in [4.69, 9.17) is 0 Å². The van der Waals surface area contributed by atoms with Crippen molar-refractivity contribution in [2.45, 2.75) is 58.4 Å². The summed E-state index contributed by atoms with van der Waals surface area (Å²) >= 11 is 0. The highest BCUT2D eigenvalue weighted by molar-refractivity contribution is 6.35. The van der Waals surface area contributed by atoms with Gasteiger partial charge in [-0.05, 0) is 43.4 Å². The number of β-amino-alcohol motifs (C(OH)–C–C–N with tert-alkyl or cyclic N) is 1. The Morgan fingerprint density at radius 1 is 0.903 bits per heavy atom. The molecule has 0 spiro atoms. The molecule has 1 aliphatic carbocycles. The summed E-state index contributed by atoms with van der Waals surface area (Å²) in [6, 6.07) is 6.09. The van der Waals surface area contributed by atoms with E-state index in [1.54, 1.807) is 4.90 Å². The molecule has 31 heavy (non-hydrogen) atoms. The second-order valence-electron chi connectivity index (χ2n) is 9.20. The van der Waals surface area contributed by atoms with Gasteiger partial charge in [-0.2, -0.15) is 0 Å². The first kappa shape index (κ1) is 22.0. The Balaban J connectivity index is 1.69. The average molecular weight is 426 g/mol. The number of aliphatic hydroxyl groups excluding tert-OH is 1. The Hall–Kier alpha value is -2.18. The molecule has 6 heteroatoms. The van der Waals surface area contributed by atoms with Gasteiger partial charge >= 0.3 is 0 Å². The zero-order valence-corrected chi connectivity index (χ0v) is 18.9. The molecule has 3 aliphatic rings. The molecule has 1 aromatic carbocycles. The summed E-state index contributed by atoms with van der Waals surface area (Å²) < 4.78 is 0. The minimum Gasteiger partial charge on any atom is -0.395 e. The van der Waals surface area contributed by atoms with Crippen molar-refractivity contribution in [3.63, 3.8) is 0 Å². The standard InChI is InChI=1S/C25H35N3O3/c1-18-9-10-20(17-19(18)2)22-23(27-13-11-26(12-14-27)15-16-29)25(31)28(24(22)30)21-7-5-3-4-6-8-21/h9-10,17,21,29H,3-8,11-16H2,1-2H3. The number of rotatable bonds is 5. The number of imide groups is 1. The molecule has 2 heterocycles. The van der Waals surface area contributed by atoms with E-state index in [0.717, 1.165) is 49.9 Å². The average Bonchev–Trinajstić information content (AvgIpc) is 2.92. The number of carbonyl (C=O) groups excluding carboxylic acids is 2. The molecule has 1 saturated carbocycles. The Morgan fingerprint density at radius 3 is 2.19 bits per heavy atom. The van der Waals surface area contributed by atoms with E-state index in [1.165, 1.54) is 18.4 Å². The molecule has 2 aliphatic heterocycles. The lowest BCUT2D eigenvalue weighted by atomic mass is 9.99. The molecule has 0 radical (unpaired) electrons. The van der Waals surface area contributed by atoms with Crippen molar-refractivity contribution in [2.24, 2.45) is 0 Å². The third-order valence-electron chi connectivity index (χ3n) is 7.18. The normalized spacial score (nSPS) is 21.9. The maximum atomic E-state index is 13.7. The molecular weight excluding hydrogens is 390 g/mol. The van der Waals surface area contributed by atoms with Gasteiger partial charge in [-0.25, -0.2) is 0 Å². The van der Waals surface area contributed by atoms with Crippen LogP contribution >= 0.6 is 0 Å². The zero-order chi connectivity index (χ0) is 22.0. The van der Waals surface area contributed by atoms with Crippen LogP contribution in [0.1, 0.15) is 55.2 Å². The van der Waals surface area contributed by atoms with Crippen molar-refractivity contribution in [3.05, 3.63) is 40.6 Å². The molecule has 168 valence electrons. The predicted molar refractivity (Wildman–Crippen MR) is 121 cm³/mol. The minimum atomic E-state index is -0.118. The molecule has 1 N–H and O–H groups in total. The van der Waals surface area contributed by atoms with Gasteiger partial charge in [0.05, 0.1) is 12.2 Å². The van der Waals surface area contributed by atoms with Gasteiger partial charge in [0.25, 0.3) is 11.8 Å². The molecular formula is C25H35N3O3. The summed E-state index contributed by atoms with van der Waals surface area (Å²) in [6.45, 7) is 7.87. The first-order valence-corrected chi connectivity index (χ1v) is 11.8. The fraction of sp³-hybridized carbons (Fsp3) is 0.600. The molecule has 1 saturated heterocycles. The van der Waals surface area contributed by atoms with Crippen LogP contribution in [0, 0.1) is 13.8 Å². The summed E-state index contributed by atoms with van der Waals surface area (Å²) in [7, 11) is 0. The van der Waals surface area contributed by atoms with E-state index in [2.05, 4.69) is 29.7 Å². The van der Waals surface area contributed by atoms with E-state index < -0.39 is 0 Å². The topological polar surface area (TPSA) is 64.1 Å². The molecule has 6 nitrogen and oxygen atoms in total. The third kappa shape index (κ3) is 4.41. The number of carbonyl (C=O) groups is 2. The zero-order valence-electron chi connectivity index (χ0n) is 18.9. The maximum Gasteiger partial charge on any atom is 0.278 e. The van der Waals surface area contributed by atoms with Crippen LogP contribution in [0.5, 0.6) is 0 Å². The van der Waals surface area contributed by atoms with Crippen LogP contribution < -0.4 is 0 Å². The SMILES string of the molecule is Cc1ccc(C2=C(N3CCN(CCO)CC3)C(=O)N(C3CCCCCC3)C2=O)cc1C. The maximum absolute atomic E-state index is 13.7. The summed E-state index contributed by atoms with van der Waals surface area (Å²) in [4.78, 5) is 33.3. The quantitative estimate of drug-likeness (QED) is 0.581. The van der Waals surface area contributed by atoms with Crippen LogP contribution in [0.25, 0.3) is 5.57 Å². The summed E-state index contributed by atoms with van der Waals surface area (Å²) in [5, 5.41) is 9.24. The van der Waals surface area contributed by atoms with Gasteiger partial charge < -0.3 is 10.0 Å². The smallest absolute Gasteiger partial charge is 0.278 e. The number of benzene rings is 1. The second-order valence-corrected chi connectivity index (χ2v) is 9.20. The summed E-state index contributed by atoms with van der Waals surface area (Å²) in [5.74, 6) is -0.228. The summed E-state index contributed by atoms with van der Waals surface area (Å²) in [6.07, 6.45) is 6.35. The van der Waals surface area contributed by atoms with Crippen LogP contribution in [0.3, 0.4) is 0 Å².